The Labute approximate surface area is 221 Å². The third-order valence-electron chi connectivity index (χ3n) is 5.68. The van der Waals surface area contributed by atoms with Gasteiger partial charge < -0.3 is 34.3 Å². The van der Waals surface area contributed by atoms with E-state index in [2.05, 4.69) is 15.5 Å². The second-order valence-electron chi connectivity index (χ2n) is 9.95. The minimum absolute atomic E-state index is 0.00711. The molecule has 1 saturated heterocycles. The number of carbonyl (C=O) groups excluding carboxylic acids is 2. The SMILES string of the molecule is CC(C)(C)OC(=O)N1CC(OCCOc2ccc(Cc3ccc(Nc4ccnnc4C(=O)[O-])cc3)cc2)C1. The number of hydrogen-bond donors (Lipinski definition) is 1. The molecule has 1 aromatic heterocycles. The Morgan fingerprint density at radius 3 is 2.29 bits per heavy atom. The van der Waals surface area contributed by atoms with E-state index in [1.807, 2.05) is 69.3 Å². The predicted octanol–water partition coefficient (Wildman–Crippen LogP) is 3.19. The summed E-state index contributed by atoms with van der Waals surface area (Å²) in [6.45, 7) is 7.46. The van der Waals surface area contributed by atoms with Crippen LogP contribution in [0.3, 0.4) is 0 Å². The molecule has 3 aromatic rings. The largest absolute Gasteiger partial charge is 0.543 e. The number of rotatable bonds is 10. The zero-order chi connectivity index (χ0) is 27.1. The molecule has 10 nitrogen and oxygen atoms in total. The Morgan fingerprint density at radius 1 is 1.00 bits per heavy atom. The topological polar surface area (TPSA) is 126 Å². The number of carboxylic acid groups (broad SMARTS) is 1. The molecule has 2 aromatic carbocycles. The zero-order valence-corrected chi connectivity index (χ0v) is 21.7. The molecule has 0 spiro atoms. The smallest absolute Gasteiger partial charge is 0.410 e. The molecule has 0 radical (unpaired) electrons. The summed E-state index contributed by atoms with van der Waals surface area (Å²) >= 11 is 0. The van der Waals surface area contributed by atoms with Gasteiger partial charge in [0.15, 0.2) is 0 Å². The number of ether oxygens (including phenoxy) is 3. The van der Waals surface area contributed by atoms with Crippen molar-refractivity contribution in [1.82, 2.24) is 15.1 Å². The lowest BCUT2D eigenvalue weighted by molar-refractivity contribution is -0.255. The summed E-state index contributed by atoms with van der Waals surface area (Å²) in [4.78, 5) is 24.8. The van der Waals surface area contributed by atoms with E-state index < -0.39 is 11.6 Å². The van der Waals surface area contributed by atoms with E-state index in [0.29, 0.717) is 32.0 Å². The second kappa shape index (κ2) is 11.9. The molecule has 0 bridgehead atoms. The van der Waals surface area contributed by atoms with E-state index in [0.717, 1.165) is 29.0 Å². The van der Waals surface area contributed by atoms with Crippen LogP contribution in [-0.2, 0) is 15.9 Å². The maximum atomic E-state index is 12.0. The molecule has 10 heteroatoms. The number of nitrogens with one attached hydrogen (secondary N) is 1. The average molecular weight is 520 g/mol. The quantitative estimate of drug-likeness (QED) is 0.402. The van der Waals surface area contributed by atoms with Crippen LogP contribution in [0.1, 0.15) is 42.4 Å². The molecule has 200 valence electrons. The van der Waals surface area contributed by atoms with Gasteiger partial charge in [-0.25, -0.2) is 4.79 Å². The van der Waals surface area contributed by atoms with Gasteiger partial charge in [0.25, 0.3) is 0 Å². The number of nitrogens with zero attached hydrogens (tertiary/aromatic N) is 3. The second-order valence-corrected chi connectivity index (χ2v) is 9.95. The van der Waals surface area contributed by atoms with Crippen molar-refractivity contribution >= 4 is 23.4 Å². The Bertz CT molecular complexity index is 1240. The van der Waals surface area contributed by atoms with Crippen LogP contribution < -0.4 is 15.2 Å². The van der Waals surface area contributed by atoms with Crippen molar-refractivity contribution in [3.63, 3.8) is 0 Å². The summed E-state index contributed by atoms with van der Waals surface area (Å²) in [7, 11) is 0. The Hall–Kier alpha value is -4.18. The monoisotopic (exact) mass is 519 g/mol. The van der Waals surface area contributed by atoms with E-state index in [1.54, 1.807) is 4.90 Å². The summed E-state index contributed by atoms with van der Waals surface area (Å²) in [6.07, 6.45) is 1.85. The van der Waals surface area contributed by atoms with Gasteiger partial charge in [-0.1, -0.05) is 24.3 Å². The van der Waals surface area contributed by atoms with Gasteiger partial charge >= 0.3 is 6.09 Å². The van der Waals surface area contributed by atoms with E-state index in [4.69, 9.17) is 14.2 Å². The van der Waals surface area contributed by atoms with E-state index in [9.17, 15) is 14.7 Å². The molecule has 1 aliphatic heterocycles. The molecule has 1 aliphatic rings. The van der Waals surface area contributed by atoms with Crippen molar-refractivity contribution in [3.05, 3.63) is 77.6 Å². The third-order valence-corrected chi connectivity index (χ3v) is 5.68. The molecule has 1 N–H and O–H groups in total. The van der Waals surface area contributed by atoms with E-state index in [1.165, 1.54) is 12.3 Å². The highest BCUT2D eigenvalue weighted by atomic mass is 16.6. The van der Waals surface area contributed by atoms with Gasteiger partial charge in [-0.2, -0.15) is 5.10 Å². The number of hydrogen-bond acceptors (Lipinski definition) is 9. The fraction of sp³-hybridized carbons (Fsp3) is 0.357. The lowest BCUT2D eigenvalue weighted by Gasteiger charge is -2.39. The van der Waals surface area contributed by atoms with Crippen molar-refractivity contribution in [2.45, 2.75) is 38.9 Å². The fourth-order valence-electron chi connectivity index (χ4n) is 3.78. The highest BCUT2D eigenvalue weighted by molar-refractivity contribution is 5.91. The first-order valence-corrected chi connectivity index (χ1v) is 12.4. The molecule has 0 unspecified atom stereocenters. The van der Waals surface area contributed by atoms with Crippen molar-refractivity contribution in [1.29, 1.82) is 0 Å². The molecule has 1 amide bonds. The number of amides is 1. The number of aromatic nitrogens is 2. The van der Waals surface area contributed by atoms with Crippen molar-refractivity contribution < 1.29 is 28.9 Å². The Kier molecular flexibility index (Phi) is 8.42. The summed E-state index contributed by atoms with van der Waals surface area (Å²) in [5.41, 5.74) is 2.55. The van der Waals surface area contributed by atoms with Crippen LogP contribution >= 0.6 is 0 Å². The predicted molar refractivity (Wildman–Crippen MR) is 138 cm³/mol. The van der Waals surface area contributed by atoms with Gasteiger partial charge in [-0.3, -0.25) is 0 Å². The van der Waals surface area contributed by atoms with Crippen LogP contribution in [0.15, 0.2) is 60.8 Å². The van der Waals surface area contributed by atoms with Crippen LogP contribution in [0.25, 0.3) is 0 Å². The number of aromatic carboxylic acids is 1. The highest BCUT2D eigenvalue weighted by Gasteiger charge is 2.34. The molecule has 1 fully saturated rings. The molecular weight excluding hydrogens is 488 g/mol. The summed E-state index contributed by atoms with van der Waals surface area (Å²) in [5, 5.41) is 21.4. The maximum absolute atomic E-state index is 12.0. The van der Waals surface area contributed by atoms with Gasteiger partial charge in [-0.15, -0.1) is 5.10 Å². The molecule has 0 aliphatic carbocycles. The first-order chi connectivity index (χ1) is 18.2. The standard InChI is InChI=1S/C28H32N4O6/c1-28(2,3)38-27(35)32-17-23(18-32)37-15-14-36-22-10-6-20(7-11-22)16-19-4-8-21(9-5-19)30-24-12-13-29-31-25(24)26(33)34/h4-13,23H,14-18H2,1-3H3,(H,29,30)(H,33,34)/p-1. The van der Waals surface area contributed by atoms with Crippen LogP contribution in [0.5, 0.6) is 5.75 Å². The van der Waals surface area contributed by atoms with E-state index in [-0.39, 0.29) is 17.9 Å². The van der Waals surface area contributed by atoms with E-state index >= 15 is 0 Å². The highest BCUT2D eigenvalue weighted by Crippen LogP contribution is 2.21. The Balaban J connectivity index is 1.17. The van der Waals surface area contributed by atoms with Crippen LogP contribution in [0, 0.1) is 0 Å². The fourth-order valence-corrected chi connectivity index (χ4v) is 3.78. The van der Waals surface area contributed by atoms with Crippen molar-refractivity contribution in [2.75, 3.05) is 31.6 Å². The number of carboxylic acids is 1. The summed E-state index contributed by atoms with van der Waals surface area (Å²) < 4.78 is 16.9. The van der Waals surface area contributed by atoms with Gasteiger partial charge in [0.2, 0.25) is 0 Å². The van der Waals surface area contributed by atoms with Crippen LogP contribution in [0.2, 0.25) is 0 Å². The molecular formula is C28H31N4O6-. The summed E-state index contributed by atoms with van der Waals surface area (Å²) in [6, 6.07) is 17.1. The zero-order valence-electron chi connectivity index (χ0n) is 21.7. The minimum atomic E-state index is -1.39. The molecule has 0 saturated carbocycles. The third kappa shape index (κ3) is 7.66. The minimum Gasteiger partial charge on any atom is -0.543 e. The van der Waals surface area contributed by atoms with Gasteiger partial charge in [0, 0.05) is 5.69 Å². The number of likely N-dealkylation sites (tertiary alicyclic amines) is 1. The van der Waals surface area contributed by atoms with Gasteiger partial charge in [0.05, 0.1) is 43.7 Å². The van der Waals surface area contributed by atoms with Gasteiger partial charge in [0.1, 0.15) is 23.7 Å². The van der Waals surface area contributed by atoms with Crippen LogP contribution in [-0.4, -0.2) is 65.2 Å². The lowest BCUT2D eigenvalue weighted by Crippen LogP contribution is -2.56. The number of anilines is 2. The molecule has 0 atom stereocenters. The average Bonchev–Trinajstić information content (AvgIpc) is 2.84. The maximum Gasteiger partial charge on any atom is 0.410 e. The Morgan fingerprint density at radius 2 is 1.66 bits per heavy atom. The first kappa shape index (κ1) is 26.9. The molecule has 38 heavy (non-hydrogen) atoms. The summed E-state index contributed by atoms with van der Waals surface area (Å²) in [5.74, 6) is -0.627. The van der Waals surface area contributed by atoms with Gasteiger partial charge in [-0.05, 0) is 68.7 Å². The number of benzene rings is 2. The molecule has 4 rings (SSSR count). The normalized spacial score (nSPS) is 13.5. The molecule has 2 heterocycles. The van der Waals surface area contributed by atoms with Crippen LogP contribution in [0.4, 0.5) is 16.2 Å². The first-order valence-electron chi connectivity index (χ1n) is 12.4. The number of carbonyl (C=O) groups is 2. The van der Waals surface area contributed by atoms with Crippen molar-refractivity contribution in [3.8, 4) is 5.75 Å². The lowest BCUT2D eigenvalue weighted by atomic mass is 10.0. The van der Waals surface area contributed by atoms with Crippen molar-refractivity contribution in [2.24, 2.45) is 0 Å².